The molecule has 0 aliphatic carbocycles. The maximum absolute atomic E-state index is 11.4. The van der Waals surface area contributed by atoms with Gasteiger partial charge in [0, 0.05) is 49.6 Å². The fraction of sp³-hybridized carbons (Fsp3) is 0.286. The number of piperidine rings is 1. The number of nitrogens with two attached hydrogens (primary N) is 1. The van der Waals surface area contributed by atoms with E-state index < -0.39 is 4.92 Å². The van der Waals surface area contributed by atoms with Crippen molar-refractivity contribution in [2.45, 2.75) is 19.4 Å². The molecule has 1 aliphatic heterocycles. The van der Waals surface area contributed by atoms with Crippen LogP contribution in [0.4, 0.5) is 17.2 Å². The van der Waals surface area contributed by atoms with E-state index in [1.165, 1.54) is 6.07 Å². The van der Waals surface area contributed by atoms with Crippen LogP contribution >= 0.6 is 0 Å². The highest BCUT2D eigenvalue weighted by atomic mass is 16.6. The number of benzene rings is 1. The van der Waals surface area contributed by atoms with Crippen molar-refractivity contribution in [2.75, 3.05) is 23.3 Å². The SMILES string of the molecule is NC(=O)C1CCN(c2ncccc2CNc2ccc([N+](=O)[O-])c3cccnc23)CC1. The number of nitrogens with one attached hydrogen (secondary N) is 1. The van der Waals surface area contributed by atoms with Crippen LogP contribution in [0.1, 0.15) is 18.4 Å². The van der Waals surface area contributed by atoms with Crippen LogP contribution in [0.15, 0.2) is 48.8 Å². The Bertz CT molecular complexity index is 1100. The Hall–Kier alpha value is -3.75. The van der Waals surface area contributed by atoms with E-state index in [4.69, 9.17) is 5.73 Å². The molecule has 0 spiro atoms. The standard InChI is InChI=1S/C21H22N6O3/c22-20(28)14-7-11-26(12-8-14)21-15(3-1-10-24-21)13-25-17-5-6-18(27(29)30)16-4-2-9-23-19(16)17/h1-6,9-10,14,25H,7-8,11-13H2,(H2,22,28). The zero-order valence-electron chi connectivity index (χ0n) is 16.3. The number of carbonyl (C=O) groups excluding carboxylic acids is 1. The molecule has 4 rings (SSSR count). The van der Waals surface area contributed by atoms with Gasteiger partial charge in [-0.1, -0.05) is 6.07 Å². The molecule has 1 aliphatic rings. The van der Waals surface area contributed by atoms with Crippen molar-refractivity contribution in [1.29, 1.82) is 0 Å². The van der Waals surface area contributed by atoms with Crippen LogP contribution in [0, 0.1) is 16.0 Å². The molecule has 3 heterocycles. The van der Waals surface area contributed by atoms with Gasteiger partial charge in [-0.2, -0.15) is 0 Å². The minimum Gasteiger partial charge on any atom is -0.379 e. The third-order valence-corrected chi connectivity index (χ3v) is 5.48. The van der Waals surface area contributed by atoms with E-state index in [0.29, 0.717) is 17.4 Å². The van der Waals surface area contributed by atoms with Crippen LogP contribution in [0.2, 0.25) is 0 Å². The van der Waals surface area contributed by atoms with Crippen LogP contribution in [0.5, 0.6) is 0 Å². The smallest absolute Gasteiger partial charge is 0.278 e. The third kappa shape index (κ3) is 3.86. The van der Waals surface area contributed by atoms with E-state index >= 15 is 0 Å². The minimum absolute atomic E-state index is 0.0306. The Labute approximate surface area is 173 Å². The summed E-state index contributed by atoms with van der Waals surface area (Å²) in [6.45, 7) is 1.93. The van der Waals surface area contributed by atoms with Gasteiger partial charge in [0.05, 0.1) is 16.0 Å². The number of aromatic nitrogens is 2. The number of anilines is 2. The molecule has 3 N–H and O–H groups in total. The van der Waals surface area contributed by atoms with E-state index in [0.717, 1.165) is 43.0 Å². The Morgan fingerprint density at radius 1 is 1.17 bits per heavy atom. The zero-order valence-corrected chi connectivity index (χ0v) is 16.3. The fourth-order valence-corrected chi connectivity index (χ4v) is 3.88. The van der Waals surface area contributed by atoms with Crippen molar-refractivity contribution in [1.82, 2.24) is 9.97 Å². The van der Waals surface area contributed by atoms with Crippen molar-refractivity contribution in [2.24, 2.45) is 11.7 Å². The molecule has 1 fully saturated rings. The summed E-state index contributed by atoms with van der Waals surface area (Å²) >= 11 is 0. The van der Waals surface area contributed by atoms with Gasteiger partial charge in [-0.3, -0.25) is 19.9 Å². The highest BCUT2D eigenvalue weighted by molar-refractivity contribution is 5.96. The number of primary amides is 1. The lowest BCUT2D eigenvalue weighted by Crippen LogP contribution is -2.39. The van der Waals surface area contributed by atoms with Gasteiger partial charge < -0.3 is 16.0 Å². The minimum atomic E-state index is -0.400. The van der Waals surface area contributed by atoms with E-state index in [9.17, 15) is 14.9 Å². The first-order valence-electron chi connectivity index (χ1n) is 9.78. The third-order valence-electron chi connectivity index (χ3n) is 5.48. The van der Waals surface area contributed by atoms with Crippen molar-refractivity contribution >= 4 is 34.0 Å². The molecule has 9 heteroatoms. The second kappa shape index (κ2) is 8.32. The summed E-state index contributed by atoms with van der Waals surface area (Å²) in [5.74, 6) is 0.547. The second-order valence-electron chi connectivity index (χ2n) is 7.29. The Morgan fingerprint density at radius 3 is 2.63 bits per heavy atom. The summed E-state index contributed by atoms with van der Waals surface area (Å²) in [7, 11) is 0. The Morgan fingerprint density at radius 2 is 1.90 bits per heavy atom. The normalized spacial score (nSPS) is 14.6. The van der Waals surface area contributed by atoms with Gasteiger partial charge in [0.2, 0.25) is 5.91 Å². The highest BCUT2D eigenvalue weighted by Crippen LogP contribution is 2.31. The number of pyridine rings is 2. The number of hydrogen-bond acceptors (Lipinski definition) is 7. The summed E-state index contributed by atoms with van der Waals surface area (Å²) < 4.78 is 0. The summed E-state index contributed by atoms with van der Waals surface area (Å²) in [6, 6.07) is 10.4. The summed E-state index contributed by atoms with van der Waals surface area (Å²) in [5.41, 5.74) is 7.74. The van der Waals surface area contributed by atoms with Crippen LogP contribution in [-0.2, 0) is 11.3 Å². The molecule has 3 aromatic rings. The predicted molar refractivity (Wildman–Crippen MR) is 114 cm³/mol. The molecule has 0 unspecified atom stereocenters. The van der Waals surface area contributed by atoms with Gasteiger partial charge in [-0.05, 0) is 37.1 Å². The maximum atomic E-state index is 11.4. The molecule has 1 saturated heterocycles. The number of rotatable bonds is 6. The number of non-ortho nitro benzene ring substituents is 1. The number of amides is 1. The van der Waals surface area contributed by atoms with E-state index in [1.54, 1.807) is 30.6 Å². The topological polar surface area (TPSA) is 127 Å². The monoisotopic (exact) mass is 406 g/mol. The average Bonchev–Trinajstić information content (AvgIpc) is 2.77. The number of nitro groups is 1. The van der Waals surface area contributed by atoms with E-state index in [2.05, 4.69) is 20.2 Å². The molecule has 0 atom stereocenters. The average molecular weight is 406 g/mol. The molecule has 0 bridgehead atoms. The number of fused-ring (bicyclic) bond motifs is 1. The molecule has 0 saturated carbocycles. The van der Waals surface area contributed by atoms with Gasteiger partial charge in [-0.25, -0.2) is 4.98 Å². The van der Waals surface area contributed by atoms with Gasteiger partial charge in [0.1, 0.15) is 11.3 Å². The van der Waals surface area contributed by atoms with Crippen LogP contribution in [-0.4, -0.2) is 33.9 Å². The van der Waals surface area contributed by atoms with Gasteiger partial charge in [0.15, 0.2) is 0 Å². The number of hydrogen-bond donors (Lipinski definition) is 2. The number of nitro benzene ring substituents is 1. The van der Waals surface area contributed by atoms with Gasteiger partial charge in [-0.15, -0.1) is 0 Å². The van der Waals surface area contributed by atoms with Crippen molar-refractivity contribution < 1.29 is 9.72 Å². The zero-order chi connectivity index (χ0) is 21.1. The van der Waals surface area contributed by atoms with Crippen LogP contribution in [0.3, 0.4) is 0 Å². The van der Waals surface area contributed by atoms with Gasteiger partial charge >= 0.3 is 0 Å². The number of carbonyl (C=O) groups is 1. The first-order chi connectivity index (χ1) is 14.5. The van der Waals surface area contributed by atoms with Gasteiger partial charge in [0.25, 0.3) is 5.69 Å². The first-order valence-corrected chi connectivity index (χ1v) is 9.78. The Balaban J connectivity index is 1.55. The summed E-state index contributed by atoms with van der Waals surface area (Å²) in [5, 5.41) is 15.1. The van der Waals surface area contributed by atoms with Crippen molar-refractivity contribution in [3.8, 4) is 0 Å². The van der Waals surface area contributed by atoms with Crippen molar-refractivity contribution in [3.05, 3.63) is 64.5 Å². The van der Waals surface area contributed by atoms with Crippen LogP contribution < -0.4 is 16.0 Å². The maximum Gasteiger partial charge on any atom is 0.278 e. The molecular formula is C21H22N6O3. The second-order valence-corrected chi connectivity index (χ2v) is 7.29. The lowest BCUT2D eigenvalue weighted by atomic mass is 9.96. The molecule has 154 valence electrons. The molecule has 1 amide bonds. The fourth-order valence-electron chi connectivity index (χ4n) is 3.88. The largest absolute Gasteiger partial charge is 0.379 e. The predicted octanol–water partition coefficient (Wildman–Crippen LogP) is 2.85. The molecule has 2 aromatic heterocycles. The molecule has 0 radical (unpaired) electrons. The molecule has 9 nitrogen and oxygen atoms in total. The molecular weight excluding hydrogens is 384 g/mol. The summed E-state index contributed by atoms with van der Waals surface area (Å²) in [6.07, 6.45) is 4.81. The first kappa shape index (κ1) is 19.6. The highest BCUT2D eigenvalue weighted by Gasteiger charge is 2.25. The van der Waals surface area contributed by atoms with Crippen molar-refractivity contribution in [3.63, 3.8) is 0 Å². The lowest BCUT2D eigenvalue weighted by molar-refractivity contribution is -0.383. The lowest BCUT2D eigenvalue weighted by Gasteiger charge is -2.32. The van der Waals surface area contributed by atoms with E-state index in [1.807, 2.05) is 12.1 Å². The quantitative estimate of drug-likeness (QED) is 0.476. The molecule has 30 heavy (non-hydrogen) atoms. The Kier molecular flexibility index (Phi) is 5.42. The van der Waals surface area contributed by atoms with Crippen LogP contribution in [0.25, 0.3) is 10.9 Å². The molecule has 1 aromatic carbocycles. The van der Waals surface area contributed by atoms with E-state index in [-0.39, 0.29) is 17.5 Å². The number of nitrogens with zero attached hydrogens (tertiary/aromatic N) is 4. The summed E-state index contributed by atoms with van der Waals surface area (Å²) in [4.78, 5) is 33.4.